The lowest BCUT2D eigenvalue weighted by atomic mass is 10.1. The molecule has 1 unspecified atom stereocenters. The van der Waals surface area contributed by atoms with E-state index in [4.69, 9.17) is 4.74 Å². The second-order valence-electron chi connectivity index (χ2n) is 6.61. The first-order valence-electron chi connectivity index (χ1n) is 9.10. The normalized spacial score (nSPS) is 15.8. The molecule has 11 heteroatoms. The van der Waals surface area contributed by atoms with Gasteiger partial charge in [0.2, 0.25) is 11.8 Å². The molecule has 1 aliphatic rings. The molecule has 0 saturated carbocycles. The molecule has 0 radical (unpaired) electrons. The van der Waals surface area contributed by atoms with Crippen molar-refractivity contribution in [2.75, 3.05) is 17.7 Å². The van der Waals surface area contributed by atoms with Gasteiger partial charge in [-0.05, 0) is 25.1 Å². The van der Waals surface area contributed by atoms with Crippen LogP contribution in [-0.2, 0) is 11.8 Å². The van der Waals surface area contributed by atoms with E-state index in [-0.39, 0.29) is 11.6 Å². The molecule has 0 fully saturated rings. The highest BCUT2D eigenvalue weighted by molar-refractivity contribution is 5.91. The van der Waals surface area contributed by atoms with Crippen molar-refractivity contribution in [3.63, 3.8) is 0 Å². The number of ether oxygens (including phenoxy) is 1. The number of aromatic nitrogens is 5. The van der Waals surface area contributed by atoms with E-state index in [1.165, 1.54) is 13.3 Å². The third kappa shape index (κ3) is 3.60. The maximum atomic E-state index is 11.3. The molecule has 154 valence electrons. The number of anilines is 3. The van der Waals surface area contributed by atoms with Crippen LogP contribution in [-0.4, -0.2) is 49.0 Å². The fourth-order valence-corrected chi connectivity index (χ4v) is 3.00. The van der Waals surface area contributed by atoms with Crippen LogP contribution in [0.4, 0.5) is 17.5 Å². The van der Waals surface area contributed by atoms with Gasteiger partial charge in [0.1, 0.15) is 5.69 Å². The standard InChI is InChI=1S/C19H20N8O3/c1-10-14(7-11(8-21-10)18(28)29)23-15-12-9-22-19(25-16(12)27(2)26-15)24-13-5-4-6-20-17(13)30-3/h4-10,21H,1-3H3,(H,23,26)(H,28,29)(H,22,24,25). The number of aryl methyl sites for hydroxylation is 1. The van der Waals surface area contributed by atoms with E-state index in [2.05, 4.69) is 36.0 Å². The van der Waals surface area contributed by atoms with E-state index in [9.17, 15) is 9.90 Å². The Balaban J connectivity index is 1.64. The summed E-state index contributed by atoms with van der Waals surface area (Å²) < 4.78 is 6.86. The van der Waals surface area contributed by atoms with Crippen molar-refractivity contribution >= 4 is 34.5 Å². The summed E-state index contributed by atoms with van der Waals surface area (Å²) in [6, 6.07) is 3.49. The highest BCUT2D eigenvalue weighted by Crippen LogP contribution is 2.27. The monoisotopic (exact) mass is 408 g/mol. The van der Waals surface area contributed by atoms with Gasteiger partial charge >= 0.3 is 5.97 Å². The zero-order chi connectivity index (χ0) is 21.3. The van der Waals surface area contributed by atoms with Crippen LogP contribution in [0.15, 0.2) is 48.1 Å². The predicted molar refractivity (Wildman–Crippen MR) is 110 cm³/mol. The minimum atomic E-state index is -1.01. The number of rotatable bonds is 6. The molecule has 0 bridgehead atoms. The third-order valence-electron chi connectivity index (χ3n) is 4.57. The number of nitrogens with one attached hydrogen (secondary N) is 3. The summed E-state index contributed by atoms with van der Waals surface area (Å²) in [6.07, 6.45) is 6.34. The topological polar surface area (TPSA) is 139 Å². The van der Waals surface area contributed by atoms with Gasteiger partial charge in [-0.2, -0.15) is 10.1 Å². The summed E-state index contributed by atoms with van der Waals surface area (Å²) in [5, 5.41) is 23.7. The second kappa shape index (κ2) is 7.70. The molecule has 0 aromatic carbocycles. The number of carbonyl (C=O) groups is 1. The van der Waals surface area contributed by atoms with Gasteiger partial charge < -0.3 is 25.8 Å². The van der Waals surface area contributed by atoms with E-state index in [0.29, 0.717) is 40.1 Å². The maximum absolute atomic E-state index is 11.3. The van der Waals surface area contributed by atoms with Crippen LogP contribution in [0.25, 0.3) is 11.0 Å². The molecule has 30 heavy (non-hydrogen) atoms. The SMILES string of the molecule is COc1ncccc1Nc1ncc2c(NC3=CC(C(=O)O)=CNC3C)nn(C)c2n1. The number of hydrogen-bond donors (Lipinski definition) is 4. The molecule has 11 nitrogen and oxygen atoms in total. The molecular formula is C19H20N8O3. The summed E-state index contributed by atoms with van der Waals surface area (Å²) in [5.41, 5.74) is 2.07. The van der Waals surface area contributed by atoms with Crippen molar-refractivity contribution < 1.29 is 14.6 Å². The largest absolute Gasteiger partial charge is 0.480 e. The Bertz CT molecular complexity index is 1180. The van der Waals surface area contributed by atoms with Crippen LogP contribution >= 0.6 is 0 Å². The first-order chi connectivity index (χ1) is 14.5. The molecule has 3 aromatic heterocycles. The van der Waals surface area contributed by atoms with Crippen LogP contribution in [0.2, 0.25) is 0 Å². The minimum Gasteiger partial charge on any atom is -0.480 e. The highest BCUT2D eigenvalue weighted by atomic mass is 16.5. The van der Waals surface area contributed by atoms with Gasteiger partial charge in [-0.25, -0.2) is 19.4 Å². The fraction of sp³-hybridized carbons (Fsp3) is 0.211. The Labute approximate surface area is 171 Å². The Morgan fingerprint density at radius 3 is 2.93 bits per heavy atom. The number of fused-ring (bicyclic) bond motifs is 1. The average Bonchev–Trinajstić information content (AvgIpc) is 3.04. The fourth-order valence-electron chi connectivity index (χ4n) is 3.00. The van der Waals surface area contributed by atoms with Crippen LogP contribution in [0.5, 0.6) is 5.88 Å². The van der Waals surface area contributed by atoms with Crippen LogP contribution in [0, 0.1) is 0 Å². The number of aliphatic carboxylic acids is 1. The number of pyridine rings is 1. The van der Waals surface area contributed by atoms with Gasteiger partial charge in [0, 0.05) is 31.3 Å². The highest BCUT2D eigenvalue weighted by Gasteiger charge is 2.20. The molecule has 0 aliphatic carbocycles. The van der Waals surface area contributed by atoms with Crippen molar-refractivity contribution in [1.29, 1.82) is 0 Å². The third-order valence-corrected chi connectivity index (χ3v) is 4.57. The first kappa shape index (κ1) is 19.2. The summed E-state index contributed by atoms with van der Waals surface area (Å²) in [6.45, 7) is 1.92. The zero-order valence-corrected chi connectivity index (χ0v) is 16.5. The molecule has 4 rings (SSSR count). The van der Waals surface area contributed by atoms with E-state index in [0.717, 1.165) is 0 Å². The van der Waals surface area contributed by atoms with E-state index in [1.54, 1.807) is 36.3 Å². The van der Waals surface area contributed by atoms with Crippen molar-refractivity contribution in [3.8, 4) is 5.88 Å². The average molecular weight is 408 g/mol. The Morgan fingerprint density at radius 2 is 2.17 bits per heavy atom. The number of nitrogens with zero attached hydrogens (tertiary/aromatic N) is 5. The molecule has 0 spiro atoms. The predicted octanol–water partition coefficient (Wildman–Crippen LogP) is 1.77. The van der Waals surface area contributed by atoms with E-state index in [1.807, 2.05) is 13.0 Å². The van der Waals surface area contributed by atoms with E-state index >= 15 is 0 Å². The smallest absolute Gasteiger partial charge is 0.337 e. The lowest BCUT2D eigenvalue weighted by molar-refractivity contribution is -0.132. The van der Waals surface area contributed by atoms with Crippen LogP contribution in [0.3, 0.4) is 0 Å². The lowest BCUT2D eigenvalue weighted by Gasteiger charge is -2.21. The minimum absolute atomic E-state index is 0.106. The zero-order valence-electron chi connectivity index (χ0n) is 16.5. The molecular weight excluding hydrogens is 388 g/mol. The van der Waals surface area contributed by atoms with Crippen molar-refractivity contribution in [2.24, 2.45) is 7.05 Å². The lowest BCUT2D eigenvalue weighted by Crippen LogP contribution is -2.31. The molecule has 0 amide bonds. The number of methoxy groups -OCH3 is 1. The number of dihydropyridines is 1. The van der Waals surface area contributed by atoms with Gasteiger partial charge in [-0.15, -0.1) is 0 Å². The Morgan fingerprint density at radius 1 is 1.33 bits per heavy atom. The number of carboxylic acids is 1. The Kier molecular flexibility index (Phi) is 4.92. The molecule has 1 aliphatic heterocycles. The van der Waals surface area contributed by atoms with Crippen molar-refractivity contribution in [1.82, 2.24) is 30.0 Å². The van der Waals surface area contributed by atoms with Gasteiger partial charge in [0.15, 0.2) is 11.5 Å². The molecule has 3 aromatic rings. The quantitative estimate of drug-likeness (QED) is 0.477. The van der Waals surface area contributed by atoms with E-state index < -0.39 is 5.97 Å². The van der Waals surface area contributed by atoms with Crippen molar-refractivity contribution in [3.05, 3.63) is 48.1 Å². The molecule has 1 atom stereocenters. The van der Waals surface area contributed by atoms with Gasteiger partial charge in [-0.3, -0.25) is 0 Å². The number of hydrogen-bond acceptors (Lipinski definition) is 9. The van der Waals surface area contributed by atoms with Gasteiger partial charge in [-0.1, -0.05) is 0 Å². The summed E-state index contributed by atoms with van der Waals surface area (Å²) in [5.74, 6) is 0.321. The maximum Gasteiger partial charge on any atom is 0.337 e. The number of carboxylic acid groups (broad SMARTS) is 1. The molecule has 0 saturated heterocycles. The van der Waals surface area contributed by atoms with Gasteiger partial charge in [0.25, 0.3) is 0 Å². The first-order valence-corrected chi connectivity index (χ1v) is 9.10. The summed E-state index contributed by atoms with van der Waals surface area (Å²) in [4.78, 5) is 24.3. The molecule has 4 N–H and O–H groups in total. The van der Waals surface area contributed by atoms with Crippen LogP contribution in [0.1, 0.15) is 6.92 Å². The summed E-state index contributed by atoms with van der Waals surface area (Å²) in [7, 11) is 3.31. The Hall–Kier alpha value is -4.15. The second-order valence-corrected chi connectivity index (χ2v) is 6.61. The summed E-state index contributed by atoms with van der Waals surface area (Å²) >= 11 is 0. The van der Waals surface area contributed by atoms with Crippen LogP contribution < -0.4 is 20.7 Å². The van der Waals surface area contributed by atoms with Gasteiger partial charge in [0.05, 0.1) is 24.1 Å². The van der Waals surface area contributed by atoms with Crippen molar-refractivity contribution in [2.45, 2.75) is 13.0 Å². The molecule has 4 heterocycles.